The largest absolute Gasteiger partial charge is 0.345 e. The van der Waals surface area contributed by atoms with Crippen LogP contribution in [0.3, 0.4) is 0 Å². The van der Waals surface area contributed by atoms with Gasteiger partial charge in [-0.2, -0.15) is 0 Å². The number of rotatable bonds is 7. The predicted molar refractivity (Wildman–Crippen MR) is 150 cm³/mol. The summed E-state index contributed by atoms with van der Waals surface area (Å²) in [6.45, 7) is 0.775. The van der Waals surface area contributed by atoms with Crippen LogP contribution in [0.2, 0.25) is 10.0 Å². The van der Waals surface area contributed by atoms with Crippen molar-refractivity contribution in [2.45, 2.75) is 18.1 Å². The molecule has 3 aromatic carbocycles. The number of aromatic nitrogens is 3. The average Bonchev–Trinajstić information content (AvgIpc) is 3.51. The summed E-state index contributed by atoms with van der Waals surface area (Å²) in [4.78, 5) is 27.6. The smallest absolute Gasteiger partial charge is 0.253 e. The lowest BCUT2D eigenvalue weighted by molar-refractivity contribution is -0.116. The van der Waals surface area contributed by atoms with Gasteiger partial charge >= 0.3 is 0 Å². The van der Waals surface area contributed by atoms with Crippen LogP contribution in [0, 0.1) is 0 Å². The first kappa shape index (κ1) is 25.8. The summed E-state index contributed by atoms with van der Waals surface area (Å²) in [5.41, 5.74) is 3.26. The van der Waals surface area contributed by atoms with E-state index in [9.17, 15) is 9.59 Å². The Morgan fingerprint density at radius 1 is 1.03 bits per heavy atom. The highest BCUT2D eigenvalue weighted by molar-refractivity contribution is 9.10. The summed E-state index contributed by atoms with van der Waals surface area (Å²) in [7, 11) is 0. The summed E-state index contributed by atoms with van der Waals surface area (Å²) in [5.74, 6) is 0.370. The number of hydrogen-bond acceptors (Lipinski definition) is 5. The van der Waals surface area contributed by atoms with Crippen molar-refractivity contribution >= 4 is 68.4 Å². The number of hydrogen-bond donors (Lipinski definition) is 1. The van der Waals surface area contributed by atoms with E-state index in [1.54, 1.807) is 12.1 Å². The summed E-state index contributed by atoms with van der Waals surface area (Å²) in [6.07, 6.45) is 0.850. The summed E-state index contributed by atoms with van der Waals surface area (Å²) < 4.78 is 2.76. The molecule has 0 radical (unpaired) electrons. The highest BCUT2D eigenvalue weighted by Gasteiger charge is 2.25. The van der Waals surface area contributed by atoms with E-state index in [4.69, 9.17) is 23.2 Å². The van der Waals surface area contributed by atoms with E-state index in [1.165, 1.54) is 23.4 Å². The Bertz CT molecular complexity index is 1480. The fourth-order valence-corrected chi connectivity index (χ4v) is 5.69. The highest BCUT2D eigenvalue weighted by Crippen LogP contribution is 2.30. The van der Waals surface area contributed by atoms with Gasteiger partial charge in [0.25, 0.3) is 5.91 Å². The van der Waals surface area contributed by atoms with E-state index in [0.717, 1.165) is 22.3 Å². The number of nitrogens with zero attached hydrogens (tertiary/aromatic N) is 4. The Morgan fingerprint density at radius 3 is 2.59 bits per heavy atom. The number of para-hydroxylation sites is 1. The van der Waals surface area contributed by atoms with Gasteiger partial charge in [0.1, 0.15) is 0 Å². The third kappa shape index (κ3) is 5.70. The van der Waals surface area contributed by atoms with Crippen molar-refractivity contribution in [2.75, 3.05) is 17.2 Å². The van der Waals surface area contributed by atoms with Crippen LogP contribution in [0.15, 0.2) is 76.4 Å². The molecule has 11 heteroatoms. The fourth-order valence-electron chi connectivity index (χ4n) is 4.09. The standard InChI is InChI=1S/C26H20BrCl2N5O2S/c27-17-5-8-19(9-6-17)34-23(14-30-25(36)20-10-7-18(28)13-21(20)29)31-32-26(34)37-15-24(35)33-12-11-16-3-1-2-4-22(16)33/h1-10,13H,11-12,14-15H2,(H,30,36). The molecule has 1 aromatic heterocycles. The average molecular weight is 617 g/mol. The quantitative estimate of drug-likeness (QED) is 0.260. The lowest BCUT2D eigenvalue weighted by atomic mass is 10.2. The Labute approximate surface area is 236 Å². The van der Waals surface area contributed by atoms with Crippen molar-refractivity contribution in [1.82, 2.24) is 20.1 Å². The molecule has 0 unspecified atom stereocenters. The van der Waals surface area contributed by atoms with Crippen LogP contribution in [0.25, 0.3) is 5.69 Å². The summed E-state index contributed by atoms with van der Waals surface area (Å²) in [5, 5.41) is 12.8. The molecular weight excluding hydrogens is 597 g/mol. The van der Waals surface area contributed by atoms with Crippen molar-refractivity contribution in [1.29, 1.82) is 0 Å². The third-order valence-corrected chi connectivity index (χ3v) is 7.87. The van der Waals surface area contributed by atoms with Gasteiger partial charge in [-0.1, -0.05) is 69.1 Å². The van der Waals surface area contributed by atoms with E-state index in [-0.39, 0.29) is 29.1 Å². The molecule has 1 aliphatic rings. The normalized spacial score (nSPS) is 12.5. The molecule has 188 valence electrons. The second-order valence-electron chi connectivity index (χ2n) is 8.23. The van der Waals surface area contributed by atoms with Gasteiger partial charge in [-0.3, -0.25) is 14.2 Å². The van der Waals surface area contributed by atoms with Crippen molar-refractivity contribution in [3.8, 4) is 5.69 Å². The number of thioether (sulfide) groups is 1. The number of carbonyl (C=O) groups is 2. The van der Waals surface area contributed by atoms with Crippen LogP contribution in [0.4, 0.5) is 5.69 Å². The maximum atomic E-state index is 13.1. The molecule has 4 aromatic rings. The van der Waals surface area contributed by atoms with Gasteiger partial charge in [0.15, 0.2) is 11.0 Å². The molecule has 0 atom stereocenters. The van der Waals surface area contributed by atoms with Gasteiger partial charge in [-0.25, -0.2) is 0 Å². The zero-order valence-electron chi connectivity index (χ0n) is 19.3. The monoisotopic (exact) mass is 615 g/mol. The molecule has 0 saturated heterocycles. The molecule has 1 aliphatic heterocycles. The van der Waals surface area contributed by atoms with Crippen LogP contribution in [-0.4, -0.2) is 38.9 Å². The minimum atomic E-state index is -0.357. The molecule has 0 spiro atoms. The lowest BCUT2D eigenvalue weighted by Gasteiger charge is -2.17. The SMILES string of the molecule is O=C(NCc1nnc(SCC(=O)N2CCc3ccccc32)n1-c1ccc(Br)cc1)c1ccc(Cl)cc1Cl. The zero-order valence-corrected chi connectivity index (χ0v) is 23.2. The van der Waals surface area contributed by atoms with Gasteiger partial charge in [-0.05, 0) is 60.5 Å². The molecule has 0 aliphatic carbocycles. The second kappa shape index (κ2) is 11.3. The van der Waals surface area contributed by atoms with Crippen molar-refractivity contribution in [3.05, 3.63) is 98.2 Å². The van der Waals surface area contributed by atoms with Gasteiger partial charge in [0.2, 0.25) is 5.91 Å². The first-order valence-electron chi connectivity index (χ1n) is 11.4. The molecule has 2 heterocycles. The maximum absolute atomic E-state index is 13.1. The number of fused-ring (bicyclic) bond motifs is 1. The van der Waals surface area contributed by atoms with E-state index in [2.05, 4.69) is 37.5 Å². The minimum absolute atomic E-state index is 0.00698. The number of anilines is 1. The summed E-state index contributed by atoms with van der Waals surface area (Å²) in [6, 6.07) is 20.3. The van der Waals surface area contributed by atoms with Gasteiger partial charge in [-0.15, -0.1) is 10.2 Å². The van der Waals surface area contributed by atoms with Gasteiger partial charge in [0, 0.05) is 27.4 Å². The van der Waals surface area contributed by atoms with Crippen molar-refractivity contribution in [3.63, 3.8) is 0 Å². The molecule has 0 saturated carbocycles. The summed E-state index contributed by atoms with van der Waals surface area (Å²) >= 11 is 16.9. The molecular formula is C26H20BrCl2N5O2S. The number of amides is 2. The maximum Gasteiger partial charge on any atom is 0.253 e. The fraction of sp³-hybridized carbons (Fsp3) is 0.154. The number of halogens is 3. The third-order valence-electron chi connectivity index (χ3n) is 5.88. The Hall–Kier alpha value is -2.85. The molecule has 37 heavy (non-hydrogen) atoms. The number of carbonyl (C=O) groups excluding carboxylic acids is 2. The van der Waals surface area contributed by atoms with Crippen LogP contribution >= 0.6 is 50.9 Å². The van der Waals surface area contributed by atoms with Crippen LogP contribution in [0.1, 0.15) is 21.7 Å². The zero-order chi connectivity index (χ0) is 25.9. The second-order valence-corrected chi connectivity index (χ2v) is 10.9. The molecule has 0 bridgehead atoms. The van der Waals surface area contributed by atoms with Crippen molar-refractivity contribution < 1.29 is 9.59 Å². The van der Waals surface area contributed by atoms with Gasteiger partial charge in [0.05, 0.1) is 22.9 Å². The van der Waals surface area contributed by atoms with Gasteiger partial charge < -0.3 is 10.2 Å². The molecule has 1 N–H and O–H groups in total. The van der Waals surface area contributed by atoms with E-state index in [1.807, 2.05) is 51.9 Å². The highest BCUT2D eigenvalue weighted by atomic mass is 79.9. The topological polar surface area (TPSA) is 80.1 Å². The Kier molecular flexibility index (Phi) is 7.85. The minimum Gasteiger partial charge on any atom is -0.345 e. The lowest BCUT2D eigenvalue weighted by Crippen LogP contribution is -2.30. The van der Waals surface area contributed by atoms with Crippen LogP contribution in [0.5, 0.6) is 0 Å². The van der Waals surface area contributed by atoms with E-state index < -0.39 is 0 Å². The predicted octanol–water partition coefficient (Wildman–Crippen LogP) is 5.95. The Balaban J connectivity index is 1.35. The molecule has 2 amide bonds. The van der Waals surface area contributed by atoms with E-state index in [0.29, 0.717) is 28.1 Å². The Morgan fingerprint density at radius 2 is 1.81 bits per heavy atom. The van der Waals surface area contributed by atoms with Crippen LogP contribution in [-0.2, 0) is 17.8 Å². The molecule has 5 rings (SSSR count). The molecule has 0 fully saturated rings. The van der Waals surface area contributed by atoms with Crippen LogP contribution < -0.4 is 10.2 Å². The number of benzene rings is 3. The van der Waals surface area contributed by atoms with Crippen molar-refractivity contribution in [2.24, 2.45) is 0 Å². The molecule has 7 nitrogen and oxygen atoms in total. The first-order chi connectivity index (χ1) is 17.9. The first-order valence-corrected chi connectivity index (χ1v) is 13.9. The van der Waals surface area contributed by atoms with E-state index >= 15 is 0 Å². The number of nitrogens with one attached hydrogen (secondary N) is 1.